The number of hydrogen-bond acceptors (Lipinski definition) is 7. The third kappa shape index (κ3) is 4.75. The van der Waals surface area contributed by atoms with Crippen molar-refractivity contribution in [1.29, 1.82) is 0 Å². The van der Waals surface area contributed by atoms with Crippen molar-refractivity contribution in [3.8, 4) is 11.5 Å². The second-order valence-corrected chi connectivity index (χ2v) is 8.41. The highest BCUT2D eigenvalue weighted by Crippen LogP contribution is 2.45. The van der Waals surface area contributed by atoms with Crippen molar-refractivity contribution in [2.75, 3.05) is 13.7 Å². The van der Waals surface area contributed by atoms with E-state index in [0.717, 1.165) is 5.56 Å². The highest BCUT2D eigenvalue weighted by atomic mass is 35.5. The highest BCUT2D eigenvalue weighted by Gasteiger charge is 2.41. The number of ketones is 1. The lowest BCUT2D eigenvalue weighted by atomic mass is 9.77. The van der Waals surface area contributed by atoms with Gasteiger partial charge in [-0.2, -0.15) is 0 Å². The average molecular weight is 484 g/mol. The molecule has 8 heteroatoms. The van der Waals surface area contributed by atoms with E-state index >= 15 is 0 Å². The van der Waals surface area contributed by atoms with E-state index < -0.39 is 11.9 Å². The van der Waals surface area contributed by atoms with Gasteiger partial charge in [-0.15, -0.1) is 0 Å². The Morgan fingerprint density at radius 1 is 1.15 bits per heavy atom. The van der Waals surface area contributed by atoms with Gasteiger partial charge in [0.25, 0.3) is 0 Å². The van der Waals surface area contributed by atoms with Crippen molar-refractivity contribution in [2.24, 2.45) is 5.73 Å². The van der Waals surface area contributed by atoms with Crippen LogP contribution in [0.15, 0.2) is 65.3 Å². The minimum atomic E-state index is -0.717. The molecule has 2 aliphatic rings. The molecule has 1 heterocycles. The Kier molecular flexibility index (Phi) is 7.12. The number of carbonyl (C=O) groups is 2. The monoisotopic (exact) mass is 483 g/mol. The second-order valence-electron chi connectivity index (χ2n) is 7.98. The molecule has 0 saturated heterocycles. The summed E-state index contributed by atoms with van der Waals surface area (Å²) >= 11 is 6.07. The van der Waals surface area contributed by atoms with E-state index in [0.29, 0.717) is 65.9 Å². The van der Waals surface area contributed by atoms with Crippen LogP contribution >= 0.6 is 11.6 Å². The molecule has 0 spiro atoms. The predicted octanol–water partition coefficient (Wildman–Crippen LogP) is 4.78. The van der Waals surface area contributed by atoms with Gasteiger partial charge < -0.3 is 24.7 Å². The van der Waals surface area contributed by atoms with Crippen LogP contribution in [0.25, 0.3) is 0 Å². The molecule has 0 amide bonds. The van der Waals surface area contributed by atoms with Gasteiger partial charge in [-0.3, -0.25) is 4.79 Å². The molecule has 4 rings (SSSR count). The first-order valence-electron chi connectivity index (χ1n) is 11.1. The van der Waals surface area contributed by atoms with Gasteiger partial charge >= 0.3 is 5.97 Å². The molecule has 0 fully saturated rings. The molecule has 0 radical (unpaired) electrons. The fraction of sp³-hybridized carbons (Fsp3) is 0.308. The smallest absolute Gasteiger partial charge is 0.340 e. The summed E-state index contributed by atoms with van der Waals surface area (Å²) in [6, 6.07) is 12.7. The topological polar surface area (TPSA) is 97.1 Å². The molecule has 2 N–H and O–H groups in total. The van der Waals surface area contributed by atoms with Crippen molar-refractivity contribution in [1.82, 2.24) is 0 Å². The number of esters is 1. The lowest BCUT2D eigenvalue weighted by Crippen LogP contribution is -2.31. The maximum absolute atomic E-state index is 12.9. The van der Waals surface area contributed by atoms with Crippen LogP contribution in [-0.2, 0) is 25.7 Å². The van der Waals surface area contributed by atoms with E-state index in [1.807, 2.05) is 25.1 Å². The molecule has 2 aromatic rings. The molecule has 178 valence electrons. The van der Waals surface area contributed by atoms with Gasteiger partial charge in [-0.05, 0) is 48.7 Å². The minimum Gasteiger partial charge on any atom is -0.490 e. The predicted molar refractivity (Wildman–Crippen MR) is 126 cm³/mol. The molecule has 0 aromatic heterocycles. The van der Waals surface area contributed by atoms with Gasteiger partial charge in [-0.1, -0.05) is 29.8 Å². The quantitative estimate of drug-likeness (QED) is 0.566. The average Bonchev–Trinajstić information content (AvgIpc) is 2.82. The van der Waals surface area contributed by atoms with E-state index in [1.165, 1.54) is 7.11 Å². The van der Waals surface area contributed by atoms with Crippen LogP contribution < -0.4 is 15.2 Å². The number of carbonyl (C=O) groups excluding carboxylic acids is 2. The van der Waals surface area contributed by atoms with Crippen LogP contribution in [0.5, 0.6) is 11.5 Å². The first-order valence-corrected chi connectivity index (χ1v) is 11.5. The zero-order valence-corrected chi connectivity index (χ0v) is 19.8. The minimum absolute atomic E-state index is 0.0513. The first-order chi connectivity index (χ1) is 16.4. The zero-order valence-electron chi connectivity index (χ0n) is 19.1. The van der Waals surface area contributed by atoms with E-state index in [-0.39, 0.29) is 17.2 Å². The number of rotatable bonds is 7. The fourth-order valence-electron chi connectivity index (χ4n) is 4.28. The maximum Gasteiger partial charge on any atom is 0.340 e. The van der Waals surface area contributed by atoms with Crippen molar-refractivity contribution in [2.45, 2.75) is 38.7 Å². The molecule has 0 bridgehead atoms. The third-order valence-electron chi connectivity index (χ3n) is 5.77. The summed E-state index contributed by atoms with van der Waals surface area (Å²) in [6.45, 7) is 2.57. The van der Waals surface area contributed by atoms with Crippen molar-refractivity contribution < 1.29 is 28.5 Å². The molecule has 1 aliphatic carbocycles. The maximum atomic E-state index is 12.9. The Balaban J connectivity index is 1.73. The van der Waals surface area contributed by atoms with Crippen LogP contribution in [0.2, 0.25) is 5.02 Å². The Labute approximate surface area is 203 Å². The van der Waals surface area contributed by atoms with Gasteiger partial charge in [0.05, 0.1) is 19.6 Å². The molecule has 0 unspecified atom stereocenters. The molecular weight excluding hydrogens is 458 g/mol. The number of Topliss-reactive ketones (excluding diaryl/α,β-unsaturated/α-hetero) is 1. The second kappa shape index (κ2) is 10.2. The zero-order chi connectivity index (χ0) is 24.2. The summed E-state index contributed by atoms with van der Waals surface area (Å²) < 4.78 is 22.5. The Morgan fingerprint density at radius 3 is 2.71 bits per heavy atom. The Hall–Kier alpha value is -3.45. The molecule has 1 aliphatic heterocycles. The summed E-state index contributed by atoms with van der Waals surface area (Å²) in [4.78, 5) is 25.6. The van der Waals surface area contributed by atoms with Crippen LogP contribution in [0.4, 0.5) is 0 Å². The molecule has 1 atom stereocenters. The summed E-state index contributed by atoms with van der Waals surface area (Å²) in [7, 11) is 1.27. The molecular formula is C26H26ClNO6. The van der Waals surface area contributed by atoms with E-state index in [9.17, 15) is 9.59 Å². The first kappa shape index (κ1) is 23.7. The van der Waals surface area contributed by atoms with Crippen LogP contribution in [0, 0.1) is 0 Å². The van der Waals surface area contributed by atoms with E-state index in [4.69, 9.17) is 36.3 Å². The van der Waals surface area contributed by atoms with Crippen molar-refractivity contribution in [3.63, 3.8) is 0 Å². The Morgan fingerprint density at radius 2 is 1.97 bits per heavy atom. The van der Waals surface area contributed by atoms with Gasteiger partial charge in [0, 0.05) is 23.4 Å². The number of halogens is 1. The fourth-order valence-corrected chi connectivity index (χ4v) is 4.49. The summed E-state index contributed by atoms with van der Waals surface area (Å²) in [5.41, 5.74) is 8.25. The molecule has 7 nitrogen and oxygen atoms in total. The summed E-state index contributed by atoms with van der Waals surface area (Å²) in [6.07, 6.45) is 1.63. The van der Waals surface area contributed by atoms with Crippen molar-refractivity contribution in [3.05, 3.63) is 81.4 Å². The van der Waals surface area contributed by atoms with Crippen LogP contribution in [0.1, 0.15) is 43.2 Å². The largest absolute Gasteiger partial charge is 0.490 e. The number of nitrogens with two attached hydrogens (primary N) is 1. The number of allylic oxidation sites excluding steroid dienone is 2. The molecule has 0 saturated carbocycles. The molecule has 34 heavy (non-hydrogen) atoms. The normalized spacial score (nSPS) is 17.7. The summed E-state index contributed by atoms with van der Waals surface area (Å²) in [5.74, 6) is 0.0338. The molecule has 2 aromatic carbocycles. The highest BCUT2D eigenvalue weighted by molar-refractivity contribution is 6.30. The standard InChI is InChI=1S/C26H26ClNO6/c1-3-32-21-13-16(10-11-19(21)33-14-15-6-4-7-17(27)12-15)22-23-18(29)8-5-9-20(23)34-25(28)24(22)26(30)31-2/h4,6-7,10-13,22H,3,5,8-9,14,28H2,1-2H3/t22-/m0/s1. The number of hydrogen-bond donors (Lipinski definition) is 1. The lowest BCUT2D eigenvalue weighted by molar-refractivity contribution is -0.136. The number of benzene rings is 2. The number of methoxy groups -OCH3 is 1. The van der Waals surface area contributed by atoms with Crippen molar-refractivity contribution >= 4 is 23.4 Å². The van der Waals surface area contributed by atoms with Gasteiger partial charge in [0.1, 0.15) is 17.9 Å². The van der Waals surface area contributed by atoms with Gasteiger partial charge in [0.15, 0.2) is 17.3 Å². The van der Waals surface area contributed by atoms with Crippen LogP contribution in [0.3, 0.4) is 0 Å². The van der Waals surface area contributed by atoms with Gasteiger partial charge in [0.2, 0.25) is 5.88 Å². The SMILES string of the molecule is CCOc1cc([C@@H]2C(C(=O)OC)=C(N)OC3=C2C(=O)CCC3)ccc1OCc1cccc(Cl)c1. The third-order valence-corrected chi connectivity index (χ3v) is 6.01. The lowest BCUT2D eigenvalue weighted by Gasteiger charge is -2.32. The van der Waals surface area contributed by atoms with E-state index in [2.05, 4.69) is 0 Å². The Bertz CT molecular complexity index is 1190. The van der Waals surface area contributed by atoms with E-state index in [1.54, 1.807) is 24.3 Å². The summed E-state index contributed by atoms with van der Waals surface area (Å²) in [5, 5.41) is 0.627. The number of ether oxygens (including phenoxy) is 4. The van der Waals surface area contributed by atoms with Crippen LogP contribution in [-0.4, -0.2) is 25.5 Å². The van der Waals surface area contributed by atoms with Gasteiger partial charge in [-0.25, -0.2) is 4.79 Å².